The lowest BCUT2D eigenvalue weighted by molar-refractivity contribution is -0.139. The fourth-order valence-corrected chi connectivity index (χ4v) is 1.79. The summed E-state index contributed by atoms with van der Waals surface area (Å²) in [6, 6.07) is 13.4. The van der Waals surface area contributed by atoms with Crippen LogP contribution in [-0.2, 0) is 9.53 Å². The second-order valence-electron chi connectivity index (χ2n) is 4.22. The lowest BCUT2D eigenvalue weighted by Gasteiger charge is -2.01. The van der Waals surface area contributed by atoms with Crippen LogP contribution in [0.5, 0.6) is 0 Å². The Bertz CT molecular complexity index is 662. The molecule has 20 heavy (non-hydrogen) atoms. The molecule has 0 spiro atoms. The molecule has 2 aromatic rings. The van der Waals surface area contributed by atoms with Crippen molar-refractivity contribution in [1.29, 1.82) is 0 Å². The molecule has 1 N–H and O–H groups in total. The first kappa shape index (κ1) is 13.8. The van der Waals surface area contributed by atoms with Crippen molar-refractivity contribution in [3.05, 3.63) is 60.3 Å². The van der Waals surface area contributed by atoms with Gasteiger partial charge in [0, 0.05) is 17.8 Å². The lowest BCUT2D eigenvalue weighted by atomic mass is 10.0. The third-order valence-corrected chi connectivity index (χ3v) is 2.86. The minimum absolute atomic E-state index is 0.0397. The van der Waals surface area contributed by atoms with E-state index >= 15 is 0 Å². The van der Waals surface area contributed by atoms with E-state index in [1.54, 1.807) is 6.07 Å². The van der Waals surface area contributed by atoms with Crippen LogP contribution in [0, 0.1) is 0 Å². The molecule has 0 aliphatic rings. The number of rotatable bonds is 5. The minimum atomic E-state index is -0.382. The van der Waals surface area contributed by atoms with Crippen LogP contribution in [0.1, 0.15) is 10.4 Å². The maximum Gasteiger partial charge on any atom is 0.325 e. The van der Waals surface area contributed by atoms with E-state index in [0.29, 0.717) is 5.56 Å². The summed E-state index contributed by atoms with van der Waals surface area (Å²) in [5.74, 6) is -0.499. The molecule has 2 rings (SSSR count). The number of fused-ring (bicyclic) bond motifs is 1. The fourth-order valence-electron chi connectivity index (χ4n) is 1.79. The van der Waals surface area contributed by atoms with E-state index < -0.39 is 0 Å². The monoisotopic (exact) mass is 269 g/mol. The molecule has 0 radical (unpaired) electrons. The molecule has 4 heteroatoms. The topological polar surface area (TPSA) is 55.4 Å². The summed E-state index contributed by atoms with van der Waals surface area (Å²) in [5.41, 5.74) is 0.611. The summed E-state index contributed by atoms with van der Waals surface area (Å²) in [6.07, 6.45) is 2.85. The first-order chi connectivity index (χ1) is 9.70. The Hall–Kier alpha value is -2.62. The molecule has 0 aromatic heterocycles. The predicted molar refractivity (Wildman–Crippen MR) is 77.4 cm³/mol. The highest BCUT2D eigenvalue weighted by atomic mass is 16.5. The van der Waals surface area contributed by atoms with Crippen LogP contribution in [0.3, 0.4) is 0 Å². The van der Waals surface area contributed by atoms with E-state index in [1.807, 2.05) is 36.4 Å². The summed E-state index contributed by atoms with van der Waals surface area (Å²) in [4.78, 5) is 22.8. The molecule has 0 heterocycles. The van der Waals surface area contributed by atoms with E-state index in [0.717, 1.165) is 10.8 Å². The maximum absolute atomic E-state index is 12.0. The van der Waals surface area contributed by atoms with Gasteiger partial charge in [0.2, 0.25) is 0 Å². The summed E-state index contributed by atoms with van der Waals surface area (Å²) < 4.78 is 4.47. The molecule has 0 bridgehead atoms. The molecule has 0 unspecified atom stereocenters. The van der Waals surface area contributed by atoms with Gasteiger partial charge >= 0.3 is 5.97 Å². The number of ether oxygens (including phenoxy) is 1. The van der Waals surface area contributed by atoms with Crippen molar-refractivity contribution in [2.45, 2.75) is 0 Å². The van der Waals surface area contributed by atoms with E-state index in [4.69, 9.17) is 0 Å². The maximum atomic E-state index is 12.0. The molecule has 0 amide bonds. The van der Waals surface area contributed by atoms with Crippen LogP contribution in [0.4, 0.5) is 0 Å². The van der Waals surface area contributed by atoms with Gasteiger partial charge in [-0.05, 0) is 16.8 Å². The number of hydrogen-bond acceptors (Lipinski definition) is 4. The minimum Gasteiger partial charge on any atom is -0.468 e. The van der Waals surface area contributed by atoms with Gasteiger partial charge in [0.25, 0.3) is 0 Å². The van der Waals surface area contributed by atoms with Gasteiger partial charge in [-0.15, -0.1) is 0 Å². The predicted octanol–water partition coefficient (Wildman–Crippen LogP) is 2.30. The average Bonchev–Trinajstić information content (AvgIpc) is 2.50. The number of allylic oxidation sites excluding steroid dienone is 1. The smallest absolute Gasteiger partial charge is 0.325 e. The highest BCUT2D eigenvalue weighted by molar-refractivity contribution is 6.06. The number of nitrogens with one attached hydrogen (secondary N) is 1. The van der Waals surface area contributed by atoms with Crippen LogP contribution in [0.15, 0.2) is 54.7 Å². The Labute approximate surface area is 117 Å². The zero-order chi connectivity index (χ0) is 14.4. The molecule has 0 aliphatic carbocycles. The summed E-state index contributed by atoms with van der Waals surface area (Å²) in [6.45, 7) is 0.0397. The van der Waals surface area contributed by atoms with Crippen LogP contribution in [0.25, 0.3) is 10.8 Å². The number of methoxy groups -OCH3 is 1. The molecule has 0 aliphatic heterocycles. The van der Waals surface area contributed by atoms with E-state index in [9.17, 15) is 9.59 Å². The van der Waals surface area contributed by atoms with E-state index in [1.165, 1.54) is 19.4 Å². The fraction of sp³-hybridized carbons (Fsp3) is 0.125. The molecule has 2 aromatic carbocycles. The van der Waals surface area contributed by atoms with Crippen molar-refractivity contribution in [1.82, 2.24) is 5.32 Å². The summed E-state index contributed by atoms with van der Waals surface area (Å²) in [5, 5.41) is 4.81. The van der Waals surface area contributed by atoms with Crippen molar-refractivity contribution >= 4 is 22.5 Å². The molecular formula is C16H15NO3. The first-order valence-corrected chi connectivity index (χ1v) is 6.20. The van der Waals surface area contributed by atoms with Gasteiger partial charge in [-0.3, -0.25) is 9.59 Å². The van der Waals surface area contributed by atoms with E-state index in [-0.39, 0.29) is 18.3 Å². The van der Waals surface area contributed by atoms with E-state index in [2.05, 4.69) is 10.1 Å². The van der Waals surface area contributed by atoms with Gasteiger partial charge in [-0.1, -0.05) is 36.4 Å². The SMILES string of the molecule is COC(=O)CN/C=C\C(=O)c1ccc2ccccc2c1. The number of carbonyl (C=O) groups is 2. The second-order valence-corrected chi connectivity index (χ2v) is 4.22. The van der Waals surface area contributed by atoms with Crippen molar-refractivity contribution in [3.8, 4) is 0 Å². The first-order valence-electron chi connectivity index (χ1n) is 6.20. The Balaban J connectivity index is 2.04. The van der Waals surface area contributed by atoms with Gasteiger partial charge in [0.15, 0.2) is 5.78 Å². The molecule has 4 nitrogen and oxygen atoms in total. The lowest BCUT2D eigenvalue weighted by Crippen LogP contribution is -2.19. The Morgan fingerprint density at radius 3 is 2.65 bits per heavy atom. The van der Waals surface area contributed by atoms with Crippen molar-refractivity contribution in [2.24, 2.45) is 0 Å². The summed E-state index contributed by atoms with van der Waals surface area (Å²) >= 11 is 0. The Kier molecular flexibility index (Phi) is 4.50. The zero-order valence-corrected chi connectivity index (χ0v) is 11.1. The van der Waals surface area contributed by atoms with Gasteiger partial charge in [-0.25, -0.2) is 0 Å². The molecule has 0 atom stereocenters. The average molecular weight is 269 g/mol. The van der Waals surface area contributed by atoms with Crippen LogP contribution in [-0.4, -0.2) is 25.4 Å². The number of hydrogen-bond donors (Lipinski definition) is 1. The number of esters is 1. The van der Waals surface area contributed by atoms with Crippen LogP contribution >= 0.6 is 0 Å². The highest BCUT2D eigenvalue weighted by Crippen LogP contribution is 2.16. The normalized spacial score (nSPS) is 10.7. The van der Waals surface area contributed by atoms with Crippen molar-refractivity contribution in [2.75, 3.05) is 13.7 Å². The van der Waals surface area contributed by atoms with Gasteiger partial charge in [0.05, 0.1) is 7.11 Å². The third kappa shape index (κ3) is 3.45. The van der Waals surface area contributed by atoms with Crippen LogP contribution < -0.4 is 5.32 Å². The largest absolute Gasteiger partial charge is 0.468 e. The second kappa shape index (κ2) is 6.52. The van der Waals surface area contributed by atoms with Crippen molar-refractivity contribution in [3.63, 3.8) is 0 Å². The Morgan fingerprint density at radius 2 is 1.90 bits per heavy atom. The zero-order valence-electron chi connectivity index (χ0n) is 11.1. The molecule has 102 valence electrons. The van der Waals surface area contributed by atoms with Gasteiger partial charge < -0.3 is 10.1 Å². The molecule has 0 saturated heterocycles. The standard InChI is InChI=1S/C16H15NO3/c1-20-16(19)11-17-9-8-15(18)14-7-6-12-4-2-3-5-13(12)10-14/h2-10,17H,11H2,1H3/b9-8-. The molecular weight excluding hydrogens is 254 g/mol. The molecule has 0 saturated carbocycles. The highest BCUT2D eigenvalue weighted by Gasteiger charge is 2.03. The molecule has 0 fully saturated rings. The number of benzene rings is 2. The van der Waals surface area contributed by atoms with Gasteiger partial charge in [-0.2, -0.15) is 0 Å². The Morgan fingerprint density at radius 1 is 1.15 bits per heavy atom. The van der Waals surface area contributed by atoms with Crippen LogP contribution in [0.2, 0.25) is 0 Å². The van der Waals surface area contributed by atoms with Crippen molar-refractivity contribution < 1.29 is 14.3 Å². The number of ketones is 1. The number of carbonyl (C=O) groups excluding carboxylic acids is 2. The quantitative estimate of drug-likeness (QED) is 0.514. The third-order valence-electron chi connectivity index (χ3n) is 2.86. The summed E-state index contributed by atoms with van der Waals surface area (Å²) in [7, 11) is 1.31. The van der Waals surface area contributed by atoms with Gasteiger partial charge in [0.1, 0.15) is 6.54 Å².